The van der Waals surface area contributed by atoms with Crippen molar-refractivity contribution >= 4 is 28.3 Å². The summed E-state index contributed by atoms with van der Waals surface area (Å²) < 4.78 is 1.87. The number of fused-ring (bicyclic) bond motifs is 2. The lowest BCUT2D eigenvalue weighted by atomic mass is 10.0. The number of para-hydroxylation sites is 1. The lowest BCUT2D eigenvalue weighted by Gasteiger charge is -2.16. The van der Waals surface area contributed by atoms with Gasteiger partial charge < -0.3 is 10.6 Å². The predicted octanol–water partition coefficient (Wildman–Crippen LogP) is 3.66. The molecular formula is C20H21N5O. The van der Waals surface area contributed by atoms with Crippen LogP contribution in [0.5, 0.6) is 0 Å². The Bertz CT molecular complexity index is 1030. The molecule has 2 aromatic heterocycles. The van der Waals surface area contributed by atoms with Crippen LogP contribution in [0.4, 0.5) is 11.4 Å². The molecule has 3 aromatic rings. The Hall–Kier alpha value is -2.89. The van der Waals surface area contributed by atoms with Gasteiger partial charge in [0.2, 0.25) is 5.91 Å². The Morgan fingerprint density at radius 1 is 1.27 bits per heavy atom. The molecule has 0 unspecified atom stereocenters. The third kappa shape index (κ3) is 2.44. The molecule has 0 radical (unpaired) electrons. The van der Waals surface area contributed by atoms with Crippen molar-refractivity contribution in [2.45, 2.75) is 38.1 Å². The van der Waals surface area contributed by atoms with E-state index in [-0.39, 0.29) is 11.9 Å². The van der Waals surface area contributed by atoms with Crippen LogP contribution in [0.1, 0.15) is 37.8 Å². The van der Waals surface area contributed by atoms with E-state index in [9.17, 15) is 4.79 Å². The van der Waals surface area contributed by atoms with Crippen LogP contribution >= 0.6 is 0 Å². The second-order valence-electron chi connectivity index (χ2n) is 7.40. The fourth-order valence-corrected chi connectivity index (χ4v) is 3.80. The smallest absolute Gasteiger partial charge is 0.226 e. The van der Waals surface area contributed by atoms with E-state index in [0.29, 0.717) is 12.3 Å². The molecule has 0 spiro atoms. The highest BCUT2D eigenvalue weighted by atomic mass is 16.1. The van der Waals surface area contributed by atoms with Crippen molar-refractivity contribution in [3.8, 4) is 11.1 Å². The summed E-state index contributed by atoms with van der Waals surface area (Å²) in [5.74, 6) is 0.610. The van der Waals surface area contributed by atoms with Crippen molar-refractivity contribution in [1.29, 1.82) is 0 Å². The average molecular weight is 347 g/mol. The summed E-state index contributed by atoms with van der Waals surface area (Å²) >= 11 is 0. The zero-order valence-electron chi connectivity index (χ0n) is 14.9. The van der Waals surface area contributed by atoms with E-state index in [2.05, 4.69) is 27.8 Å². The molecule has 1 saturated carbocycles. The Kier molecular flexibility index (Phi) is 3.29. The molecule has 1 aliphatic carbocycles. The van der Waals surface area contributed by atoms with Crippen LogP contribution in [0.25, 0.3) is 22.2 Å². The highest BCUT2D eigenvalue weighted by Crippen LogP contribution is 2.43. The van der Waals surface area contributed by atoms with Crippen LogP contribution in [-0.4, -0.2) is 26.7 Å². The van der Waals surface area contributed by atoms with E-state index in [1.165, 1.54) is 12.8 Å². The van der Waals surface area contributed by atoms with Crippen LogP contribution in [0.2, 0.25) is 0 Å². The van der Waals surface area contributed by atoms with E-state index >= 15 is 0 Å². The van der Waals surface area contributed by atoms with Gasteiger partial charge in [-0.3, -0.25) is 9.48 Å². The monoisotopic (exact) mass is 347 g/mol. The summed E-state index contributed by atoms with van der Waals surface area (Å²) in [6, 6.07) is 8.26. The number of aryl methyl sites for hydroxylation is 1. The molecule has 132 valence electrons. The first-order valence-corrected chi connectivity index (χ1v) is 9.12. The number of carbonyl (C=O) groups excluding carboxylic acids is 1. The fraction of sp³-hybridized carbons (Fsp3) is 0.350. The van der Waals surface area contributed by atoms with Crippen LogP contribution in [0.15, 0.2) is 30.5 Å². The third-order valence-electron chi connectivity index (χ3n) is 5.20. The normalized spacial score (nSPS) is 19.6. The Labute approximate surface area is 151 Å². The lowest BCUT2D eigenvalue weighted by molar-refractivity contribution is -0.116. The van der Waals surface area contributed by atoms with Crippen molar-refractivity contribution in [1.82, 2.24) is 14.8 Å². The zero-order valence-corrected chi connectivity index (χ0v) is 14.9. The first kappa shape index (κ1) is 15.4. The van der Waals surface area contributed by atoms with Gasteiger partial charge in [0.15, 0.2) is 5.65 Å². The van der Waals surface area contributed by atoms with Gasteiger partial charge in [0.1, 0.15) is 0 Å². The first-order valence-electron chi connectivity index (χ1n) is 9.12. The maximum absolute atomic E-state index is 12.0. The standard InChI is InChI=1S/C20H21N5O/c1-11-8-17(26)23-16-5-3-4-14(19(16)22-11)13-9-15-18(12-6-7-12)24-25(2)20(15)21-10-13/h3-5,9-12,22H,6-8H2,1-2H3,(H,23,26)/t11-/m1/s1. The number of carbonyl (C=O) groups is 1. The molecule has 6 heteroatoms. The minimum absolute atomic E-state index is 0.0396. The number of anilines is 2. The van der Waals surface area contributed by atoms with Crippen LogP contribution < -0.4 is 10.6 Å². The van der Waals surface area contributed by atoms with E-state index in [0.717, 1.165) is 39.2 Å². The third-order valence-corrected chi connectivity index (χ3v) is 5.20. The second kappa shape index (κ2) is 5.56. The van der Waals surface area contributed by atoms with Gasteiger partial charge in [0.25, 0.3) is 0 Å². The molecule has 6 nitrogen and oxygen atoms in total. The molecule has 1 aromatic carbocycles. The number of hydrogen-bond acceptors (Lipinski definition) is 4. The van der Waals surface area contributed by atoms with Crippen LogP contribution in [0, 0.1) is 0 Å². The first-order chi connectivity index (χ1) is 12.6. The molecule has 1 aliphatic heterocycles. The number of amides is 1. The quantitative estimate of drug-likeness (QED) is 0.742. The Morgan fingerprint density at radius 3 is 2.92 bits per heavy atom. The second-order valence-corrected chi connectivity index (χ2v) is 7.40. The molecule has 1 atom stereocenters. The van der Waals surface area contributed by atoms with Crippen molar-refractivity contribution < 1.29 is 4.79 Å². The molecule has 2 N–H and O–H groups in total. The van der Waals surface area contributed by atoms with E-state index in [1.807, 2.05) is 37.0 Å². The van der Waals surface area contributed by atoms with E-state index in [4.69, 9.17) is 5.10 Å². The number of rotatable bonds is 2. The Morgan fingerprint density at radius 2 is 2.12 bits per heavy atom. The van der Waals surface area contributed by atoms with Crippen molar-refractivity contribution in [3.63, 3.8) is 0 Å². The Balaban J connectivity index is 1.68. The van der Waals surface area contributed by atoms with Gasteiger partial charge >= 0.3 is 0 Å². The number of nitrogens with one attached hydrogen (secondary N) is 2. The number of benzene rings is 1. The van der Waals surface area contributed by atoms with Crippen molar-refractivity contribution in [2.75, 3.05) is 10.6 Å². The maximum Gasteiger partial charge on any atom is 0.226 e. The molecule has 1 amide bonds. The van der Waals surface area contributed by atoms with Gasteiger partial charge in [0, 0.05) is 48.1 Å². The number of aromatic nitrogens is 3. The summed E-state index contributed by atoms with van der Waals surface area (Å²) in [6.07, 6.45) is 4.78. The summed E-state index contributed by atoms with van der Waals surface area (Å²) in [6.45, 7) is 2.03. The number of nitrogens with zero attached hydrogens (tertiary/aromatic N) is 3. The number of hydrogen-bond donors (Lipinski definition) is 2. The predicted molar refractivity (Wildman–Crippen MR) is 102 cm³/mol. The molecular weight excluding hydrogens is 326 g/mol. The highest BCUT2D eigenvalue weighted by Gasteiger charge is 2.29. The van der Waals surface area contributed by atoms with Crippen LogP contribution in [0.3, 0.4) is 0 Å². The summed E-state index contributed by atoms with van der Waals surface area (Å²) in [4.78, 5) is 16.7. The van der Waals surface area contributed by atoms with Crippen LogP contribution in [-0.2, 0) is 11.8 Å². The van der Waals surface area contributed by atoms with E-state index < -0.39 is 0 Å². The molecule has 2 aliphatic rings. The maximum atomic E-state index is 12.0. The van der Waals surface area contributed by atoms with Crippen molar-refractivity contribution in [3.05, 3.63) is 36.2 Å². The molecule has 0 bridgehead atoms. The SMILES string of the molecule is C[C@@H]1CC(=O)Nc2cccc(-c3cnc4c(c3)c(C3CC3)nn4C)c2N1. The van der Waals surface area contributed by atoms with E-state index in [1.54, 1.807) is 0 Å². The minimum atomic E-state index is 0.0396. The van der Waals surface area contributed by atoms with Gasteiger partial charge in [0.05, 0.1) is 17.1 Å². The summed E-state index contributed by atoms with van der Waals surface area (Å²) in [5.41, 5.74) is 5.96. The summed E-state index contributed by atoms with van der Waals surface area (Å²) in [7, 11) is 1.95. The summed E-state index contributed by atoms with van der Waals surface area (Å²) in [5, 5.41) is 12.3. The lowest BCUT2D eigenvalue weighted by Crippen LogP contribution is -2.19. The van der Waals surface area contributed by atoms with Gasteiger partial charge in [-0.1, -0.05) is 12.1 Å². The minimum Gasteiger partial charge on any atom is -0.380 e. The van der Waals surface area contributed by atoms with Crippen molar-refractivity contribution in [2.24, 2.45) is 7.05 Å². The van der Waals surface area contributed by atoms with Gasteiger partial charge in [-0.15, -0.1) is 0 Å². The molecule has 0 saturated heterocycles. The largest absolute Gasteiger partial charge is 0.380 e. The molecule has 3 heterocycles. The van der Waals surface area contributed by atoms with Gasteiger partial charge in [-0.25, -0.2) is 4.98 Å². The zero-order chi connectivity index (χ0) is 17.8. The highest BCUT2D eigenvalue weighted by molar-refractivity contribution is 6.00. The molecule has 5 rings (SSSR count). The molecule has 26 heavy (non-hydrogen) atoms. The fourth-order valence-electron chi connectivity index (χ4n) is 3.80. The number of pyridine rings is 1. The van der Waals surface area contributed by atoms with Gasteiger partial charge in [-0.2, -0.15) is 5.10 Å². The molecule has 1 fully saturated rings. The average Bonchev–Trinajstić information content (AvgIpc) is 3.41. The van der Waals surface area contributed by atoms with Gasteiger partial charge in [-0.05, 0) is 31.9 Å². The topological polar surface area (TPSA) is 71.8 Å².